The number of amides is 4. The third-order valence-electron chi connectivity index (χ3n) is 5.35. The molecule has 0 fully saturated rings. The first-order valence-corrected chi connectivity index (χ1v) is 11.8. The monoisotopic (exact) mass is 488 g/mol. The number of aromatic nitrogens is 2. The van der Waals surface area contributed by atoms with Crippen molar-refractivity contribution in [1.82, 2.24) is 25.7 Å². The Morgan fingerprint density at radius 1 is 1.18 bits per heavy atom. The molecule has 3 rings (SSSR count). The van der Waals surface area contributed by atoms with E-state index in [0.29, 0.717) is 35.8 Å². The van der Waals surface area contributed by atoms with Gasteiger partial charge >= 0.3 is 6.03 Å². The SMILES string of the molecule is CC(C)NC(=O)c1cnn2c1CC(CNC(=O)c1cc(NC(=O)NC(C)(C)C)ccc1Cl)CC2. The molecule has 1 unspecified atom stereocenters. The highest BCUT2D eigenvalue weighted by Crippen LogP contribution is 2.24. The predicted octanol–water partition coefficient (Wildman–Crippen LogP) is 3.59. The summed E-state index contributed by atoms with van der Waals surface area (Å²) in [6, 6.07) is 4.47. The number of carbonyl (C=O) groups is 3. The van der Waals surface area contributed by atoms with Gasteiger partial charge in [-0.15, -0.1) is 0 Å². The molecule has 4 amide bonds. The highest BCUT2D eigenvalue weighted by atomic mass is 35.5. The first kappa shape index (κ1) is 25.6. The molecule has 4 N–H and O–H groups in total. The van der Waals surface area contributed by atoms with Crippen LogP contribution in [0.5, 0.6) is 0 Å². The molecule has 0 radical (unpaired) electrons. The lowest BCUT2D eigenvalue weighted by molar-refractivity contribution is 0.0930. The fourth-order valence-electron chi connectivity index (χ4n) is 3.82. The summed E-state index contributed by atoms with van der Waals surface area (Å²) in [5.41, 5.74) is 1.84. The van der Waals surface area contributed by atoms with Gasteiger partial charge in [0.05, 0.1) is 28.0 Å². The normalized spacial score (nSPS) is 15.4. The number of aryl methyl sites for hydroxylation is 1. The average Bonchev–Trinajstić information content (AvgIpc) is 3.15. The molecule has 10 heteroatoms. The van der Waals surface area contributed by atoms with Crippen molar-refractivity contribution in [3.05, 3.63) is 46.2 Å². The average molecular weight is 489 g/mol. The van der Waals surface area contributed by atoms with Gasteiger partial charge in [0.15, 0.2) is 0 Å². The van der Waals surface area contributed by atoms with Crippen LogP contribution in [0.2, 0.25) is 5.02 Å². The Morgan fingerprint density at radius 2 is 1.91 bits per heavy atom. The highest BCUT2D eigenvalue weighted by molar-refractivity contribution is 6.34. The number of rotatable bonds is 6. The van der Waals surface area contributed by atoms with E-state index >= 15 is 0 Å². The Kier molecular flexibility index (Phi) is 7.86. The molecular weight excluding hydrogens is 456 g/mol. The minimum Gasteiger partial charge on any atom is -0.352 e. The number of carbonyl (C=O) groups excluding carboxylic acids is 3. The summed E-state index contributed by atoms with van der Waals surface area (Å²) in [5, 5.41) is 16.0. The Hall–Kier alpha value is -3.07. The number of hydrogen-bond donors (Lipinski definition) is 4. The minimum atomic E-state index is -0.387. The fraction of sp³-hybridized carbons (Fsp3) is 0.500. The third-order valence-corrected chi connectivity index (χ3v) is 5.68. The molecule has 1 atom stereocenters. The molecule has 184 valence electrons. The molecule has 2 heterocycles. The topological polar surface area (TPSA) is 117 Å². The lowest BCUT2D eigenvalue weighted by atomic mass is 9.94. The van der Waals surface area contributed by atoms with Crippen LogP contribution in [0.25, 0.3) is 0 Å². The molecule has 0 spiro atoms. The van der Waals surface area contributed by atoms with Gasteiger partial charge in [0.1, 0.15) is 0 Å². The second kappa shape index (κ2) is 10.5. The number of fused-ring (bicyclic) bond motifs is 1. The van der Waals surface area contributed by atoms with Gasteiger partial charge in [-0.2, -0.15) is 5.10 Å². The van der Waals surface area contributed by atoms with E-state index in [2.05, 4.69) is 26.4 Å². The molecule has 2 aromatic rings. The summed E-state index contributed by atoms with van der Waals surface area (Å²) in [6.07, 6.45) is 3.09. The van der Waals surface area contributed by atoms with Crippen LogP contribution in [0.15, 0.2) is 24.4 Å². The molecule has 1 aromatic carbocycles. The zero-order valence-electron chi connectivity index (χ0n) is 20.3. The predicted molar refractivity (Wildman–Crippen MR) is 132 cm³/mol. The van der Waals surface area contributed by atoms with Gasteiger partial charge < -0.3 is 21.3 Å². The summed E-state index contributed by atoms with van der Waals surface area (Å²) in [5.74, 6) is -0.286. The van der Waals surface area contributed by atoms with Gasteiger partial charge in [0.2, 0.25) is 0 Å². The third kappa shape index (κ3) is 6.72. The molecule has 1 aliphatic heterocycles. The van der Waals surface area contributed by atoms with Gasteiger partial charge in [-0.05, 0) is 71.6 Å². The summed E-state index contributed by atoms with van der Waals surface area (Å²) >= 11 is 6.26. The first-order chi connectivity index (χ1) is 15.9. The molecule has 9 nitrogen and oxygen atoms in total. The van der Waals surface area contributed by atoms with E-state index in [9.17, 15) is 14.4 Å². The molecule has 1 aliphatic rings. The maximum atomic E-state index is 12.9. The van der Waals surface area contributed by atoms with Crippen molar-refractivity contribution in [2.45, 2.75) is 65.6 Å². The van der Waals surface area contributed by atoms with E-state index < -0.39 is 0 Å². The lowest BCUT2D eigenvalue weighted by Crippen LogP contribution is -2.43. The van der Waals surface area contributed by atoms with Gasteiger partial charge in [0.25, 0.3) is 11.8 Å². The zero-order chi connectivity index (χ0) is 25.0. The Bertz CT molecular complexity index is 1070. The summed E-state index contributed by atoms with van der Waals surface area (Å²) in [6.45, 7) is 10.6. The van der Waals surface area contributed by atoms with Crippen molar-refractivity contribution in [3.63, 3.8) is 0 Å². The van der Waals surface area contributed by atoms with Crippen LogP contribution in [0, 0.1) is 5.92 Å². The fourth-order valence-corrected chi connectivity index (χ4v) is 4.02. The molecule has 34 heavy (non-hydrogen) atoms. The van der Waals surface area contributed by atoms with Gasteiger partial charge in [0, 0.05) is 30.4 Å². The van der Waals surface area contributed by atoms with Crippen molar-refractivity contribution in [1.29, 1.82) is 0 Å². The Morgan fingerprint density at radius 3 is 2.59 bits per heavy atom. The van der Waals surface area contributed by atoms with E-state index in [-0.39, 0.29) is 40.9 Å². The van der Waals surface area contributed by atoms with Gasteiger partial charge in [-0.1, -0.05) is 11.6 Å². The van der Waals surface area contributed by atoms with E-state index in [1.807, 2.05) is 39.3 Å². The van der Waals surface area contributed by atoms with Crippen molar-refractivity contribution >= 4 is 35.1 Å². The van der Waals surface area contributed by atoms with Crippen LogP contribution in [0.3, 0.4) is 0 Å². The zero-order valence-corrected chi connectivity index (χ0v) is 21.0. The van der Waals surface area contributed by atoms with Crippen LogP contribution < -0.4 is 21.3 Å². The largest absolute Gasteiger partial charge is 0.352 e. The second-order valence-corrected chi connectivity index (χ2v) is 10.4. The minimum absolute atomic E-state index is 0.0382. The van der Waals surface area contributed by atoms with Crippen molar-refractivity contribution < 1.29 is 14.4 Å². The Labute approximate surface area is 205 Å². The number of halogens is 1. The quantitative estimate of drug-likeness (QED) is 0.497. The van der Waals surface area contributed by atoms with Gasteiger partial charge in [-0.25, -0.2) is 4.79 Å². The first-order valence-electron chi connectivity index (χ1n) is 11.5. The molecule has 0 saturated carbocycles. The van der Waals surface area contributed by atoms with E-state index in [0.717, 1.165) is 12.1 Å². The van der Waals surface area contributed by atoms with Gasteiger partial charge in [-0.3, -0.25) is 14.3 Å². The van der Waals surface area contributed by atoms with E-state index in [4.69, 9.17) is 11.6 Å². The van der Waals surface area contributed by atoms with Crippen LogP contribution >= 0.6 is 11.6 Å². The molecule has 0 bridgehead atoms. The smallest absolute Gasteiger partial charge is 0.319 e. The van der Waals surface area contributed by atoms with E-state index in [1.165, 1.54) is 0 Å². The van der Waals surface area contributed by atoms with Crippen molar-refractivity contribution in [2.24, 2.45) is 5.92 Å². The standard InChI is InChI=1S/C24H33ClN6O3/c1-14(2)28-22(33)18-13-27-31-9-8-15(10-20(18)31)12-26-21(32)17-11-16(6-7-19(17)25)29-23(34)30-24(3,4)5/h6-7,11,13-15H,8-10,12H2,1-5H3,(H,26,32)(H,28,33)(H2,29,30,34). The maximum Gasteiger partial charge on any atom is 0.319 e. The molecular formula is C24H33ClN6O3. The number of urea groups is 1. The summed E-state index contributed by atoms with van der Waals surface area (Å²) in [4.78, 5) is 37.5. The number of anilines is 1. The van der Waals surface area contributed by atoms with Crippen LogP contribution in [0.1, 0.15) is 67.4 Å². The van der Waals surface area contributed by atoms with Crippen molar-refractivity contribution in [3.8, 4) is 0 Å². The molecule has 0 saturated heterocycles. The van der Waals surface area contributed by atoms with E-state index in [1.54, 1.807) is 24.4 Å². The van der Waals surface area contributed by atoms with Crippen LogP contribution in [-0.2, 0) is 13.0 Å². The number of nitrogens with zero attached hydrogens (tertiary/aromatic N) is 2. The van der Waals surface area contributed by atoms with Crippen LogP contribution in [0.4, 0.5) is 10.5 Å². The number of nitrogens with one attached hydrogen (secondary N) is 4. The Balaban J connectivity index is 1.62. The lowest BCUT2D eigenvalue weighted by Gasteiger charge is -2.24. The maximum absolute atomic E-state index is 12.9. The molecule has 0 aliphatic carbocycles. The van der Waals surface area contributed by atoms with Crippen LogP contribution in [-0.4, -0.2) is 45.8 Å². The summed E-state index contributed by atoms with van der Waals surface area (Å²) in [7, 11) is 0. The number of hydrogen-bond acceptors (Lipinski definition) is 4. The van der Waals surface area contributed by atoms with Crippen molar-refractivity contribution in [2.75, 3.05) is 11.9 Å². The summed E-state index contributed by atoms with van der Waals surface area (Å²) < 4.78 is 1.86. The second-order valence-electron chi connectivity index (χ2n) is 9.95. The number of benzene rings is 1. The molecule has 1 aromatic heterocycles. The highest BCUT2D eigenvalue weighted by Gasteiger charge is 2.26.